The Kier molecular flexibility index (Phi) is 5.58. The van der Waals surface area contributed by atoms with Crippen LogP contribution in [0, 0.1) is 20.8 Å². The molecule has 0 bridgehead atoms. The van der Waals surface area contributed by atoms with Gasteiger partial charge in [0.2, 0.25) is 5.69 Å². The monoisotopic (exact) mass is 388 g/mol. The fourth-order valence-electron chi connectivity index (χ4n) is 3.97. The molecule has 150 valence electrons. The highest BCUT2D eigenvalue weighted by Gasteiger charge is 2.16. The van der Waals surface area contributed by atoms with Crippen molar-refractivity contribution in [3.05, 3.63) is 70.9 Å². The van der Waals surface area contributed by atoms with Gasteiger partial charge in [0.25, 0.3) is 0 Å². The normalized spacial score (nSPS) is 14.8. The summed E-state index contributed by atoms with van der Waals surface area (Å²) in [6, 6.07) is 10.9. The molecule has 1 aliphatic heterocycles. The fraction of sp³-hybridized carbons (Fsp3) is 0.375. The molecule has 4 rings (SSSR count). The maximum absolute atomic E-state index is 4.95. The van der Waals surface area contributed by atoms with Gasteiger partial charge in [-0.3, -0.25) is 9.88 Å². The number of hydrogen-bond acceptors (Lipinski definition) is 3. The van der Waals surface area contributed by atoms with E-state index in [0.717, 1.165) is 44.0 Å². The molecule has 0 spiro atoms. The minimum Gasteiger partial charge on any atom is -0.303 e. The van der Waals surface area contributed by atoms with Gasteiger partial charge in [-0.1, -0.05) is 0 Å². The maximum atomic E-state index is 4.95. The molecule has 0 saturated heterocycles. The van der Waals surface area contributed by atoms with Crippen molar-refractivity contribution in [3.63, 3.8) is 0 Å². The van der Waals surface area contributed by atoms with Gasteiger partial charge in [-0.15, -0.1) is 0 Å². The van der Waals surface area contributed by atoms with Crippen LogP contribution in [-0.2, 0) is 12.8 Å². The predicted molar refractivity (Wildman–Crippen MR) is 118 cm³/mol. The average molecular weight is 389 g/mol. The first-order valence-electron chi connectivity index (χ1n) is 10.3. The molecule has 1 aliphatic rings. The Morgan fingerprint density at radius 3 is 2.52 bits per heavy atom. The van der Waals surface area contributed by atoms with E-state index in [-0.39, 0.29) is 0 Å². The molecule has 0 unspecified atom stereocenters. The zero-order valence-corrected chi connectivity index (χ0v) is 17.9. The summed E-state index contributed by atoms with van der Waals surface area (Å²) < 4.78 is 4.54. The molecular formula is C24H30N5+. The highest BCUT2D eigenvalue weighted by Crippen LogP contribution is 2.19. The third kappa shape index (κ3) is 4.46. The zero-order valence-electron chi connectivity index (χ0n) is 17.9. The number of aryl methyl sites for hydroxylation is 5. The second-order valence-corrected chi connectivity index (χ2v) is 8.14. The average Bonchev–Trinajstić information content (AvgIpc) is 3.05. The van der Waals surface area contributed by atoms with Crippen molar-refractivity contribution < 1.29 is 4.58 Å². The van der Waals surface area contributed by atoms with Crippen LogP contribution in [0.4, 0.5) is 5.69 Å². The smallest absolute Gasteiger partial charge is 0.223 e. The van der Waals surface area contributed by atoms with Gasteiger partial charge in [-0.25, -0.2) is 4.98 Å². The molecule has 3 aromatic heterocycles. The van der Waals surface area contributed by atoms with Gasteiger partial charge in [-0.05, 0) is 76.1 Å². The SMILES string of the molecule is Cc1cc(CCc2cncc([N+]3=CCN(C)CC3)c2)nc(-n2c(C)ccc2C)c1. The standard InChI is InChI=1S/C24H30N5/c1-18-13-22(26-24(14-18)29-19(2)5-6-20(29)3)8-7-21-15-23(17-25-16-21)28-11-9-27(4)10-12-28/h5-6,11,13-17H,7-10,12H2,1-4H3/q+1. The highest BCUT2D eigenvalue weighted by molar-refractivity contribution is 5.56. The second kappa shape index (κ2) is 8.29. The molecule has 0 aromatic carbocycles. The highest BCUT2D eigenvalue weighted by atomic mass is 15.2. The van der Waals surface area contributed by atoms with Crippen LogP contribution in [0.2, 0.25) is 0 Å². The molecular weight excluding hydrogens is 358 g/mol. The molecule has 4 heterocycles. The molecule has 29 heavy (non-hydrogen) atoms. The molecule has 0 aliphatic carbocycles. The maximum Gasteiger partial charge on any atom is 0.223 e. The lowest BCUT2D eigenvalue weighted by molar-refractivity contribution is -0.443. The molecule has 0 N–H and O–H groups in total. The Labute approximate surface area is 173 Å². The first-order chi connectivity index (χ1) is 14.0. The van der Waals surface area contributed by atoms with Crippen LogP contribution >= 0.6 is 0 Å². The van der Waals surface area contributed by atoms with Gasteiger partial charge in [0, 0.05) is 29.3 Å². The van der Waals surface area contributed by atoms with Crippen LogP contribution in [0.3, 0.4) is 0 Å². The molecule has 0 saturated carbocycles. The summed E-state index contributed by atoms with van der Waals surface area (Å²) in [7, 11) is 2.16. The zero-order chi connectivity index (χ0) is 20.4. The summed E-state index contributed by atoms with van der Waals surface area (Å²) in [6.07, 6.45) is 8.04. The van der Waals surface area contributed by atoms with Crippen LogP contribution in [0.5, 0.6) is 0 Å². The van der Waals surface area contributed by atoms with Crippen LogP contribution in [-0.4, -0.2) is 56.9 Å². The largest absolute Gasteiger partial charge is 0.303 e. The Morgan fingerprint density at radius 2 is 1.79 bits per heavy atom. The van der Waals surface area contributed by atoms with E-state index in [0.29, 0.717) is 0 Å². The minimum absolute atomic E-state index is 0.908. The van der Waals surface area contributed by atoms with Crippen LogP contribution in [0.1, 0.15) is 28.2 Å². The first-order valence-corrected chi connectivity index (χ1v) is 10.3. The van der Waals surface area contributed by atoms with Crippen molar-refractivity contribution in [2.24, 2.45) is 0 Å². The molecule has 0 radical (unpaired) electrons. The molecule has 5 nitrogen and oxygen atoms in total. The van der Waals surface area contributed by atoms with E-state index in [4.69, 9.17) is 4.98 Å². The van der Waals surface area contributed by atoms with E-state index in [1.807, 2.05) is 12.4 Å². The Bertz CT molecular complexity index is 1030. The van der Waals surface area contributed by atoms with Gasteiger partial charge in [0.15, 0.2) is 12.8 Å². The summed E-state index contributed by atoms with van der Waals surface area (Å²) >= 11 is 0. The fourth-order valence-corrected chi connectivity index (χ4v) is 3.97. The number of rotatable bonds is 5. The summed E-state index contributed by atoms with van der Waals surface area (Å²) in [5.41, 5.74) is 7.25. The molecule has 0 fully saturated rings. The van der Waals surface area contributed by atoms with E-state index < -0.39 is 0 Å². The van der Waals surface area contributed by atoms with E-state index in [2.05, 4.69) is 83.4 Å². The summed E-state index contributed by atoms with van der Waals surface area (Å²) in [5, 5.41) is 0. The topological polar surface area (TPSA) is 37.0 Å². The molecule has 0 amide bonds. The Balaban J connectivity index is 1.52. The second-order valence-electron chi connectivity index (χ2n) is 8.14. The molecule has 5 heteroatoms. The first kappa shape index (κ1) is 19.5. The lowest BCUT2D eigenvalue weighted by Crippen LogP contribution is -2.35. The third-order valence-electron chi connectivity index (χ3n) is 5.63. The van der Waals surface area contributed by atoms with Crippen molar-refractivity contribution in [3.8, 4) is 5.82 Å². The molecule has 3 aromatic rings. The Hall–Kier alpha value is -2.79. The van der Waals surface area contributed by atoms with Gasteiger partial charge in [0.1, 0.15) is 5.82 Å². The van der Waals surface area contributed by atoms with E-state index in [1.165, 1.54) is 28.2 Å². The third-order valence-corrected chi connectivity index (χ3v) is 5.63. The Morgan fingerprint density at radius 1 is 1.00 bits per heavy atom. The van der Waals surface area contributed by atoms with Crippen molar-refractivity contribution in [1.29, 1.82) is 0 Å². The number of nitrogens with zero attached hydrogens (tertiary/aromatic N) is 5. The van der Waals surface area contributed by atoms with E-state index in [9.17, 15) is 0 Å². The quantitative estimate of drug-likeness (QED) is 0.626. The van der Waals surface area contributed by atoms with Crippen molar-refractivity contribution in [2.75, 3.05) is 26.7 Å². The van der Waals surface area contributed by atoms with Crippen LogP contribution in [0.15, 0.2) is 42.7 Å². The van der Waals surface area contributed by atoms with Crippen molar-refractivity contribution in [2.45, 2.75) is 33.6 Å². The van der Waals surface area contributed by atoms with Crippen LogP contribution in [0.25, 0.3) is 5.82 Å². The van der Waals surface area contributed by atoms with Crippen molar-refractivity contribution >= 4 is 11.9 Å². The van der Waals surface area contributed by atoms with E-state index >= 15 is 0 Å². The molecule has 0 atom stereocenters. The number of hydrogen-bond donors (Lipinski definition) is 0. The van der Waals surface area contributed by atoms with Gasteiger partial charge in [-0.2, -0.15) is 4.58 Å². The van der Waals surface area contributed by atoms with Gasteiger partial charge >= 0.3 is 0 Å². The van der Waals surface area contributed by atoms with E-state index in [1.54, 1.807) is 0 Å². The lowest BCUT2D eigenvalue weighted by Gasteiger charge is -2.17. The summed E-state index contributed by atoms with van der Waals surface area (Å²) in [6.45, 7) is 9.48. The summed E-state index contributed by atoms with van der Waals surface area (Å²) in [4.78, 5) is 11.8. The van der Waals surface area contributed by atoms with Gasteiger partial charge in [0.05, 0.1) is 19.3 Å². The minimum atomic E-state index is 0.908. The van der Waals surface area contributed by atoms with Crippen LogP contribution < -0.4 is 0 Å². The predicted octanol–water partition coefficient (Wildman–Crippen LogP) is 3.64. The number of pyridine rings is 2. The van der Waals surface area contributed by atoms with Gasteiger partial charge < -0.3 is 4.57 Å². The van der Waals surface area contributed by atoms with Crippen molar-refractivity contribution in [1.82, 2.24) is 19.4 Å². The number of likely N-dealkylation sites (N-methyl/N-ethyl adjacent to an activating group) is 1. The number of aromatic nitrogens is 3. The summed E-state index contributed by atoms with van der Waals surface area (Å²) in [5.74, 6) is 1.01. The lowest BCUT2D eigenvalue weighted by atomic mass is 10.1.